The summed E-state index contributed by atoms with van der Waals surface area (Å²) in [6.07, 6.45) is 6.04. The third-order valence-electron chi connectivity index (χ3n) is 4.41. The van der Waals surface area contributed by atoms with Crippen LogP contribution in [-0.2, 0) is 9.53 Å². The maximum Gasteiger partial charge on any atom is 0.237 e. The van der Waals surface area contributed by atoms with E-state index >= 15 is 0 Å². The van der Waals surface area contributed by atoms with Gasteiger partial charge in [-0.3, -0.25) is 9.78 Å². The van der Waals surface area contributed by atoms with Gasteiger partial charge in [-0.05, 0) is 49.0 Å². The second-order valence-electron chi connectivity index (χ2n) is 6.29. The van der Waals surface area contributed by atoms with E-state index in [1.54, 1.807) is 13.3 Å². The predicted molar refractivity (Wildman–Crippen MR) is 96.7 cm³/mol. The van der Waals surface area contributed by atoms with E-state index < -0.39 is 0 Å². The molecule has 6 heteroatoms. The number of benzene rings is 1. The molecule has 0 radical (unpaired) electrons. The Balaban J connectivity index is 1.54. The van der Waals surface area contributed by atoms with Gasteiger partial charge in [-0.2, -0.15) is 0 Å². The molecule has 1 aromatic heterocycles. The average Bonchev–Trinajstić information content (AvgIpc) is 2.65. The average molecular weight is 343 g/mol. The van der Waals surface area contributed by atoms with Gasteiger partial charge in [0.1, 0.15) is 11.9 Å². The van der Waals surface area contributed by atoms with Crippen molar-refractivity contribution in [3.63, 3.8) is 0 Å². The van der Waals surface area contributed by atoms with Gasteiger partial charge < -0.3 is 20.1 Å². The van der Waals surface area contributed by atoms with Crippen molar-refractivity contribution >= 4 is 16.7 Å². The number of ether oxygens (including phenoxy) is 2. The normalized spacial score (nSPS) is 20.4. The van der Waals surface area contributed by atoms with Crippen molar-refractivity contribution < 1.29 is 14.3 Å². The second-order valence-corrected chi connectivity index (χ2v) is 6.29. The molecule has 0 aliphatic carbocycles. The highest BCUT2D eigenvalue weighted by atomic mass is 16.5. The van der Waals surface area contributed by atoms with Crippen LogP contribution in [0.1, 0.15) is 19.3 Å². The largest absolute Gasteiger partial charge is 0.490 e. The van der Waals surface area contributed by atoms with Crippen LogP contribution in [0.2, 0.25) is 0 Å². The first-order valence-corrected chi connectivity index (χ1v) is 8.77. The number of piperidine rings is 1. The zero-order valence-electron chi connectivity index (χ0n) is 14.5. The van der Waals surface area contributed by atoms with Crippen molar-refractivity contribution in [1.82, 2.24) is 15.6 Å². The van der Waals surface area contributed by atoms with E-state index in [-0.39, 0.29) is 18.1 Å². The number of fused-ring (bicyclic) bond motifs is 1. The Kier molecular flexibility index (Phi) is 6.19. The number of pyridine rings is 1. The van der Waals surface area contributed by atoms with E-state index in [4.69, 9.17) is 9.47 Å². The van der Waals surface area contributed by atoms with Gasteiger partial charge in [0.15, 0.2) is 0 Å². The molecular weight excluding hydrogens is 318 g/mol. The molecule has 1 amide bonds. The van der Waals surface area contributed by atoms with Crippen LogP contribution in [0.15, 0.2) is 36.7 Å². The lowest BCUT2D eigenvalue weighted by atomic mass is 10.0. The number of rotatable bonds is 7. The second kappa shape index (κ2) is 8.78. The summed E-state index contributed by atoms with van der Waals surface area (Å²) in [6, 6.07) is 7.77. The highest BCUT2D eigenvalue weighted by Crippen LogP contribution is 2.23. The Morgan fingerprint density at radius 2 is 2.28 bits per heavy atom. The van der Waals surface area contributed by atoms with Crippen molar-refractivity contribution in [2.24, 2.45) is 0 Å². The molecule has 25 heavy (non-hydrogen) atoms. The predicted octanol–water partition coefficient (Wildman–Crippen LogP) is 1.89. The maximum atomic E-state index is 12.3. The number of hydrogen-bond acceptors (Lipinski definition) is 5. The summed E-state index contributed by atoms with van der Waals surface area (Å²) in [5, 5.41) is 8.42. The van der Waals surface area contributed by atoms with Crippen LogP contribution in [0.3, 0.4) is 0 Å². The lowest BCUT2D eigenvalue weighted by molar-refractivity contribution is -0.124. The zero-order valence-corrected chi connectivity index (χ0v) is 14.5. The molecule has 2 N–H and O–H groups in total. The molecule has 1 aliphatic rings. The molecular formula is C19H25N3O3. The van der Waals surface area contributed by atoms with Gasteiger partial charge in [0, 0.05) is 44.5 Å². The van der Waals surface area contributed by atoms with Gasteiger partial charge in [0.25, 0.3) is 0 Å². The topological polar surface area (TPSA) is 72.5 Å². The van der Waals surface area contributed by atoms with Gasteiger partial charge in [0.05, 0.1) is 6.04 Å². The molecule has 2 atom stereocenters. The summed E-state index contributed by atoms with van der Waals surface area (Å²) in [5.41, 5.74) is 0. The number of amides is 1. The molecule has 2 heterocycles. The molecule has 134 valence electrons. The minimum atomic E-state index is -0.203. The fourth-order valence-corrected chi connectivity index (χ4v) is 3.07. The molecule has 3 rings (SSSR count). The molecule has 1 aliphatic heterocycles. The fraction of sp³-hybridized carbons (Fsp3) is 0.474. The number of carbonyl (C=O) groups is 1. The summed E-state index contributed by atoms with van der Waals surface area (Å²) in [6.45, 7) is 2.06. The smallest absolute Gasteiger partial charge is 0.237 e. The first kappa shape index (κ1) is 17.6. The Labute approximate surface area is 147 Å². The third-order valence-corrected chi connectivity index (χ3v) is 4.41. The minimum Gasteiger partial charge on any atom is -0.490 e. The molecule has 1 fully saturated rings. The summed E-state index contributed by atoms with van der Waals surface area (Å²) < 4.78 is 11.1. The molecule has 6 nitrogen and oxygen atoms in total. The summed E-state index contributed by atoms with van der Waals surface area (Å²) >= 11 is 0. The van der Waals surface area contributed by atoms with Crippen LogP contribution in [-0.4, -0.2) is 49.8 Å². The summed E-state index contributed by atoms with van der Waals surface area (Å²) in [5.74, 6) is 0.874. The SMILES string of the molecule is COCCCNC(=O)[C@H]1C[C@H](Oc2ccc3cnccc3c2)CCN1. The summed E-state index contributed by atoms with van der Waals surface area (Å²) in [4.78, 5) is 16.4. The van der Waals surface area contributed by atoms with Crippen molar-refractivity contribution in [3.05, 3.63) is 36.7 Å². The van der Waals surface area contributed by atoms with Gasteiger partial charge >= 0.3 is 0 Å². The van der Waals surface area contributed by atoms with E-state index in [0.717, 1.165) is 35.9 Å². The number of carbonyl (C=O) groups excluding carboxylic acids is 1. The quantitative estimate of drug-likeness (QED) is 0.751. The Hall–Kier alpha value is -2.18. The number of nitrogens with one attached hydrogen (secondary N) is 2. The van der Waals surface area contributed by atoms with Crippen LogP contribution in [0.4, 0.5) is 0 Å². The highest BCUT2D eigenvalue weighted by Gasteiger charge is 2.27. The van der Waals surface area contributed by atoms with E-state index in [0.29, 0.717) is 19.6 Å². The number of aromatic nitrogens is 1. The molecule has 0 saturated carbocycles. The number of nitrogens with zero attached hydrogens (tertiary/aromatic N) is 1. The number of methoxy groups -OCH3 is 1. The van der Waals surface area contributed by atoms with Crippen LogP contribution in [0, 0.1) is 0 Å². The van der Waals surface area contributed by atoms with Gasteiger partial charge in [-0.15, -0.1) is 0 Å². The van der Waals surface area contributed by atoms with Crippen LogP contribution >= 0.6 is 0 Å². The fourth-order valence-electron chi connectivity index (χ4n) is 3.07. The standard InChI is InChI=1S/C19H25N3O3/c1-24-10-2-7-22-19(23)18-12-17(6-9-21-18)25-16-4-3-15-13-20-8-5-14(15)11-16/h3-5,8,11,13,17-18,21H,2,6-7,9-10,12H2,1H3,(H,22,23)/t17-,18-/m1/s1. The first-order valence-electron chi connectivity index (χ1n) is 8.77. The first-order chi connectivity index (χ1) is 12.3. The molecule has 0 bridgehead atoms. The van der Waals surface area contributed by atoms with Crippen molar-refractivity contribution in [2.45, 2.75) is 31.4 Å². The van der Waals surface area contributed by atoms with Crippen molar-refractivity contribution in [2.75, 3.05) is 26.8 Å². The van der Waals surface area contributed by atoms with Crippen molar-refractivity contribution in [3.8, 4) is 5.75 Å². The molecule has 0 spiro atoms. The molecule has 1 saturated heterocycles. The van der Waals surface area contributed by atoms with Gasteiger partial charge in [-0.25, -0.2) is 0 Å². The molecule has 0 unspecified atom stereocenters. The Morgan fingerprint density at radius 1 is 1.36 bits per heavy atom. The zero-order chi connectivity index (χ0) is 17.5. The Morgan fingerprint density at radius 3 is 3.16 bits per heavy atom. The number of hydrogen-bond donors (Lipinski definition) is 2. The van der Waals surface area contributed by atoms with Crippen molar-refractivity contribution in [1.29, 1.82) is 0 Å². The van der Waals surface area contributed by atoms with Gasteiger partial charge in [0.2, 0.25) is 5.91 Å². The maximum absolute atomic E-state index is 12.3. The van der Waals surface area contributed by atoms with Crippen LogP contribution < -0.4 is 15.4 Å². The van der Waals surface area contributed by atoms with E-state index in [1.807, 2.05) is 30.5 Å². The van der Waals surface area contributed by atoms with E-state index in [1.165, 1.54) is 0 Å². The molecule has 1 aromatic carbocycles. The lowest BCUT2D eigenvalue weighted by Gasteiger charge is -2.30. The highest BCUT2D eigenvalue weighted by molar-refractivity contribution is 5.83. The lowest BCUT2D eigenvalue weighted by Crippen LogP contribution is -2.51. The minimum absolute atomic E-state index is 0.0361. The monoisotopic (exact) mass is 343 g/mol. The van der Waals surface area contributed by atoms with Crippen LogP contribution in [0.5, 0.6) is 5.75 Å². The Bertz CT molecular complexity index is 707. The molecule has 2 aromatic rings. The van der Waals surface area contributed by atoms with Crippen LogP contribution in [0.25, 0.3) is 10.8 Å². The van der Waals surface area contributed by atoms with Gasteiger partial charge in [-0.1, -0.05) is 0 Å². The third kappa shape index (κ3) is 4.90. The van der Waals surface area contributed by atoms with E-state index in [2.05, 4.69) is 15.6 Å². The summed E-state index contributed by atoms with van der Waals surface area (Å²) in [7, 11) is 1.66. The van der Waals surface area contributed by atoms with E-state index in [9.17, 15) is 4.79 Å².